The summed E-state index contributed by atoms with van der Waals surface area (Å²) in [6.45, 7) is 7.64. The molecule has 0 fully saturated rings. The minimum absolute atomic E-state index is 0.485. The fraction of sp³-hybridized carbons (Fsp3) is 0.412. The van der Waals surface area contributed by atoms with Gasteiger partial charge in [-0.05, 0) is 54.8 Å². The Labute approximate surface area is 134 Å². The van der Waals surface area contributed by atoms with E-state index in [2.05, 4.69) is 72.3 Å². The lowest BCUT2D eigenvalue weighted by Gasteiger charge is -2.13. The van der Waals surface area contributed by atoms with Gasteiger partial charge in [-0.2, -0.15) is 0 Å². The Kier molecular flexibility index (Phi) is 5.82. The van der Waals surface area contributed by atoms with Gasteiger partial charge in [0.25, 0.3) is 0 Å². The fourth-order valence-electron chi connectivity index (χ4n) is 2.47. The van der Waals surface area contributed by atoms with Crippen LogP contribution in [0.1, 0.15) is 43.7 Å². The SMILES string of the molecule is CCNC(CC)c1ccc(-c2ccc(Br)cc2CC)s1. The second-order valence-corrected chi connectivity index (χ2v) is 6.91. The number of rotatable bonds is 6. The average molecular weight is 352 g/mol. The summed E-state index contributed by atoms with van der Waals surface area (Å²) in [5.74, 6) is 0. The van der Waals surface area contributed by atoms with E-state index in [-0.39, 0.29) is 0 Å². The Balaban J connectivity index is 2.33. The second kappa shape index (κ2) is 7.39. The lowest BCUT2D eigenvalue weighted by molar-refractivity contribution is 0.545. The highest BCUT2D eigenvalue weighted by atomic mass is 79.9. The standard InChI is InChI=1S/C17H22BrNS/c1-4-12-11-13(18)7-8-14(12)16-9-10-17(20-16)15(5-2)19-6-3/h7-11,15,19H,4-6H2,1-3H3. The van der Waals surface area contributed by atoms with Gasteiger partial charge >= 0.3 is 0 Å². The number of aryl methyl sites for hydroxylation is 1. The van der Waals surface area contributed by atoms with Crippen molar-refractivity contribution in [3.63, 3.8) is 0 Å². The highest BCUT2D eigenvalue weighted by Crippen LogP contribution is 2.35. The molecule has 1 atom stereocenters. The van der Waals surface area contributed by atoms with Gasteiger partial charge in [-0.15, -0.1) is 11.3 Å². The highest BCUT2D eigenvalue weighted by Gasteiger charge is 2.13. The maximum atomic E-state index is 3.56. The molecule has 1 N–H and O–H groups in total. The van der Waals surface area contributed by atoms with Crippen molar-refractivity contribution in [3.05, 3.63) is 45.2 Å². The normalized spacial score (nSPS) is 12.6. The van der Waals surface area contributed by atoms with Gasteiger partial charge in [-0.3, -0.25) is 0 Å². The van der Waals surface area contributed by atoms with E-state index >= 15 is 0 Å². The van der Waals surface area contributed by atoms with Gasteiger partial charge in [0.15, 0.2) is 0 Å². The third kappa shape index (κ3) is 3.51. The minimum Gasteiger partial charge on any atom is -0.310 e. The topological polar surface area (TPSA) is 12.0 Å². The molecule has 2 rings (SSSR count). The predicted molar refractivity (Wildman–Crippen MR) is 93.5 cm³/mol. The van der Waals surface area contributed by atoms with E-state index in [4.69, 9.17) is 0 Å². The molecule has 0 aliphatic heterocycles. The van der Waals surface area contributed by atoms with Crippen LogP contribution in [0.4, 0.5) is 0 Å². The van der Waals surface area contributed by atoms with Gasteiger partial charge in [0.1, 0.15) is 0 Å². The third-order valence-corrected chi connectivity index (χ3v) is 5.27. The molecule has 0 saturated heterocycles. The van der Waals surface area contributed by atoms with Gasteiger partial charge < -0.3 is 5.32 Å². The number of hydrogen-bond acceptors (Lipinski definition) is 2. The first-order valence-electron chi connectivity index (χ1n) is 7.31. The van der Waals surface area contributed by atoms with Crippen LogP contribution in [0.3, 0.4) is 0 Å². The van der Waals surface area contributed by atoms with Crippen LogP contribution >= 0.6 is 27.3 Å². The summed E-state index contributed by atoms with van der Waals surface area (Å²) in [5.41, 5.74) is 2.78. The molecule has 0 spiro atoms. The molecule has 20 heavy (non-hydrogen) atoms. The molecule has 1 aromatic heterocycles. The Hall–Kier alpha value is -0.640. The highest BCUT2D eigenvalue weighted by molar-refractivity contribution is 9.10. The first-order valence-corrected chi connectivity index (χ1v) is 8.92. The summed E-state index contributed by atoms with van der Waals surface area (Å²) in [7, 11) is 0. The molecular weight excluding hydrogens is 330 g/mol. The number of nitrogens with one attached hydrogen (secondary N) is 1. The summed E-state index contributed by atoms with van der Waals surface area (Å²) >= 11 is 5.48. The second-order valence-electron chi connectivity index (χ2n) is 4.88. The number of hydrogen-bond donors (Lipinski definition) is 1. The Morgan fingerprint density at radius 2 is 1.95 bits per heavy atom. The van der Waals surface area contributed by atoms with Gasteiger partial charge in [-0.1, -0.05) is 42.8 Å². The van der Waals surface area contributed by atoms with Crippen molar-refractivity contribution in [1.29, 1.82) is 0 Å². The number of benzene rings is 1. The zero-order valence-corrected chi connectivity index (χ0v) is 14.8. The molecule has 0 bridgehead atoms. The van der Waals surface area contributed by atoms with Crippen LogP contribution in [0.5, 0.6) is 0 Å². The first-order chi connectivity index (χ1) is 9.69. The summed E-state index contributed by atoms with van der Waals surface area (Å²) in [4.78, 5) is 2.81. The minimum atomic E-state index is 0.485. The summed E-state index contributed by atoms with van der Waals surface area (Å²) in [6, 6.07) is 11.6. The molecule has 3 heteroatoms. The molecule has 0 radical (unpaired) electrons. The summed E-state index contributed by atoms with van der Waals surface area (Å²) < 4.78 is 1.16. The molecule has 1 unspecified atom stereocenters. The maximum Gasteiger partial charge on any atom is 0.0412 e. The molecular formula is C17H22BrNS. The maximum absolute atomic E-state index is 3.56. The molecule has 2 aromatic rings. The van der Waals surface area contributed by atoms with Gasteiger partial charge in [0, 0.05) is 20.3 Å². The van der Waals surface area contributed by atoms with E-state index in [1.54, 1.807) is 0 Å². The van der Waals surface area contributed by atoms with Crippen LogP contribution in [0, 0.1) is 0 Å². The Morgan fingerprint density at radius 1 is 1.15 bits per heavy atom. The van der Waals surface area contributed by atoms with Gasteiger partial charge in [0.2, 0.25) is 0 Å². The van der Waals surface area contributed by atoms with E-state index in [9.17, 15) is 0 Å². The average Bonchev–Trinajstić information content (AvgIpc) is 2.93. The zero-order valence-electron chi connectivity index (χ0n) is 12.4. The third-order valence-electron chi connectivity index (χ3n) is 3.54. The van der Waals surface area contributed by atoms with Crippen molar-refractivity contribution >= 4 is 27.3 Å². The van der Waals surface area contributed by atoms with Crippen molar-refractivity contribution < 1.29 is 0 Å². The lowest BCUT2D eigenvalue weighted by atomic mass is 10.0. The van der Waals surface area contributed by atoms with Crippen molar-refractivity contribution in [3.8, 4) is 10.4 Å². The van der Waals surface area contributed by atoms with Crippen LogP contribution in [0.15, 0.2) is 34.8 Å². The number of halogens is 1. The van der Waals surface area contributed by atoms with Crippen LogP contribution in [0.25, 0.3) is 10.4 Å². The molecule has 1 nitrogen and oxygen atoms in total. The van der Waals surface area contributed by atoms with Crippen molar-refractivity contribution in [2.45, 2.75) is 39.7 Å². The van der Waals surface area contributed by atoms with Gasteiger partial charge in [-0.25, -0.2) is 0 Å². The molecule has 0 aliphatic rings. The monoisotopic (exact) mass is 351 g/mol. The van der Waals surface area contributed by atoms with E-state index in [0.717, 1.165) is 23.9 Å². The van der Waals surface area contributed by atoms with Crippen molar-refractivity contribution in [1.82, 2.24) is 5.32 Å². The van der Waals surface area contributed by atoms with Crippen LogP contribution in [-0.4, -0.2) is 6.54 Å². The Bertz CT molecular complexity index is 562. The molecule has 0 aliphatic carbocycles. The van der Waals surface area contributed by atoms with Crippen molar-refractivity contribution in [2.24, 2.45) is 0 Å². The molecule has 1 heterocycles. The van der Waals surface area contributed by atoms with Crippen molar-refractivity contribution in [2.75, 3.05) is 6.54 Å². The largest absolute Gasteiger partial charge is 0.310 e. The fourth-order valence-corrected chi connectivity index (χ4v) is 4.11. The van der Waals surface area contributed by atoms with E-state index in [0.29, 0.717) is 6.04 Å². The van der Waals surface area contributed by atoms with E-state index in [1.807, 2.05) is 11.3 Å². The van der Waals surface area contributed by atoms with Crippen LogP contribution < -0.4 is 5.32 Å². The van der Waals surface area contributed by atoms with E-state index < -0.39 is 0 Å². The lowest BCUT2D eigenvalue weighted by Crippen LogP contribution is -2.18. The van der Waals surface area contributed by atoms with Crippen LogP contribution in [-0.2, 0) is 6.42 Å². The zero-order chi connectivity index (χ0) is 14.5. The molecule has 108 valence electrons. The number of thiophene rings is 1. The summed E-state index contributed by atoms with van der Waals surface area (Å²) in [5, 5.41) is 3.55. The smallest absolute Gasteiger partial charge is 0.0412 e. The quantitative estimate of drug-likeness (QED) is 0.693. The molecule has 0 saturated carbocycles. The van der Waals surface area contributed by atoms with E-state index in [1.165, 1.54) is 20.9 Å². The van der Waals surface area contributed by atoms with Gasteiger partial charge in [0.05, 0.1) is 0 Å². The first kappa shape index (κ1) is 15.7. The Morgan fingerprint density at radius 3 is 2.60 bits per heavy atom. The summed E-state index contributed by atoms with van der Waals surface area (Å²) in [6.07, 6.45) is 2.20. The molecule has 1 aromatic carbocycles. The van der Waals surface area contributed by atoms with Crippen LogP contribution in [0.2, 0.25) is 0 Å². The predicted octanol–water partition coefficient (Wildman–Crippen LogP) is 5.80. The molecule has 0 amide bonds.